The minimum Gasteiger partial charge on any atom is -0.309 e. The quantitative estimate of drug-likeness (QED) is 0.167. The van der Waals surface area contributed by atoms with Gasteiger partial charge in [0.1, 0.15) is 0 Å². The molecule has 3 aromatic heterocycles. The van der Waals surface area contributed by atoms with E-state index in [1.54, 1.807) is 54.6 Å². The van der Waals surface area contributed by atoms with E-state index in [2.05, 4.69) is 0 Å². The van der Waals surface area contributed by atoms with Gasteiger partial charge in [0.2, 0.25) is 0 Å². The second kappa shape index (κ2) is 12.5. The molecule has 3 heteroatoms. The maximum atomic E-state index is 10.2. The molecule has 0 N–H and O–H groups in total. The van der Waals surface area contributed by atoms with Crippen LogP contribution in [-0.2, 0) is 0 Å². The molecule has 0 saturated heterocycles. The summed E-state index contributed by atoms with van der Waals surface area (Å²) in [5.41, 5.74) is -1.42. The van der Waals surface area contributed by atoms with E-state index in [1.807, 2.05) is 30.3 Å². The predicted octanol–water partition coefficient (Wildman–Crippen LogP) is 14.3. The molecule has 0 bridgehead atoms. The number of hydrogen-bond acceptors (Lipinski definition) is 0. The third-order valence-electron chi connectivity index (χ3n) is 10.2. The van der Waals surface area contributed by atoms with Crippen LogP contribution in [0.4, 0.5) is 0 Å². The van der Waals surface area contributed by atoms with Crippen molar-refractivity contribution in [1.29, 1.82) is 0 Å². The average molecular weight is 747 g/mol. The van der Waals surface area contributed by atoms with Crippen molar-refractivity contribution in [2.45, 2.75) is 0 Å². The van der Waals surface area contributed by atoms with Gasteiger partial charge in [-0.2, -0.15) is 0 Å². The monoisotopic (exact) mass is 746 g/mol. The summed E-state index contributed by atoms with van der Waals surface area (Å²) in [5, 5.41) is -1.76. The smallest absolute Gasteiger partial charge is 0.0667 e. The summed E-state index contributed by atoms with van der Waals surface area (Å²) in [6.45, 7) is 0. The molecule has 57 heavy (non-hydrogen) atoms. The van der Waals surface area contributed by atoms with E-state index in [9.17, 15) is 17.8 Å². The van der Waals surface area contributed by atoms with Crippen LogP contribution >= 0.6 is 0 Å². The van der Waals surface area contributed by atoms with E-state index in [0.717, 1.165) is 10.1 Å². The molecule has 0 fully saturated rings. The van der Waals surface area contributed by atoms with Crippen LogP contribution in [0.25, 0.3) is 105 Å². The summed E-state index contributed by atoms with van der Waals surface area (Å²) in [4.78, 5) is 0. The van der Waals surface area contributed by atoms with Crippen molar-refractivity contribution >= 4 is 65.4 Å². The lowest BCUT2D eigenvalue weighted by Gasteiger charge is -2.14. The maximum Gasteiger partial charge on any atom is 0.0667 e. The molecule has 3 nitrogen and oxygen atoms in total. The van der Waals surface area contributed by atoms with E-state index >= 15 is 0 Å². The minimum absolute atomic E-state index is 0.139. The molecule has 12 aromatic rings. The fraction of sp³-hybridized carbons (Fsp3) is 0. The normalized spacial score (nSPS) is 17.0. The highest BCUT2D eigenvalue weighted by Crippen LogP contribution is 2.42. The van der Waals surface area contributed by atoms with Gasteiger partial charge in [-0.05, 0) is 83.3 Å². The first-order valence-corrected chi connectivity index (χ1v) is 17.9. The molecule has 0 aliphatic heterocycles. The lowest BCUT2D eigenvalue weighted by Crippen LogP contribution is -1.97. The number of benzene rings is 9. The van der Waals surface area contributed by atoms with Crippen LogP contribution in [0.1, 0.15) is 28.8 Å². The number of rotatable bonds is 5. The van der Waals surface area contributed by atoms with Gasteiger partial charge in [-0.25, -0.2) is 0 Å². The molecule has 9 aromatic carbocycles. The summed E-state index contributed by atoms with van der Waals surface area (Å²) in [6.07, 6.45) is 0. The Morgan fingerprint density at radius 2 is 0.877 bits per heavy atom. The summed E-state index contributed by atoms with van der Waals surface area (Å²) in [7, 11) is 0. The molecule has 12 rings (SSSR count). The van der Waals surface area contributed by atoms with Crippen LogP contribution in [0.15, 0.2) is 212 Å². The van der Waals surface area contributed by atoms with Gasteiger partial charge in [-0.1, -0.05) is 145 Å². The average Bonchev–Trinajstić information content (AvgIpc) is 3.76. The third-order valence-corrected chi connectivity index (χ3v) is 10.2. The van der Waals surface area contributed by atoms with E-state index < -0.39 is 166 Å². The molecular weight excluding hydrogens is 691 g/mol. The van der Waals surface area contributed by atoms with E-state index in [0.29, 0.717) is 5.56 Å². The Balaban J connectivity index is 1.30. The second-order valence-corrected chi connectivity index (χ2v) is 13.3. The van der Waals surface area contributed by atoms with Crippen molar-refractivity contribution in [1.82, 2.24) is 13.7 Å². The van der Waals surface area contributed by atoms with Gasteiger partial charge >= 0.3 is 0 Å². The minimum atomic E-state index is -0.847. The molecule has 3 heterocycles. The predicted molar refractivity (Wildman–Crippen MR) is 240 cm³/mol. The summed E-state index contributed by atoms with van der Waals surface area (Å²) in [6, 6.07) is 9.42. The standard InChI is InChI=1S/C54H35N3/c1-3-15-36(16-4-1)37-17-13-20-40(33-37)57-51-28-12-8-22-44(51)47-25-14-24-42(54(47)57)38-29-32-52-48(34-38)45-23-9-11-27-50(45)56(52)41-30-31-46-43-21-7-10-26-49(43)55(53(46)35-41)39-18-5-2-6-19-39/h1-35H/i7D,8D,9D,10D,11D,12D,14D,21D,22D,23D,24D,25D,26D,27D,28D,29D,30D,31D,32D,34D,35D. The summed E-state index contributed by atoms with van der Waals surface area (Å²) in [5.74, 6) is 0. The van der Waals surface area contributed by atoms with Crippen molar-refractivity contribution in [2.75, 3.05) is 0 Å². The first-order valence-electron chi connectivity index (χ1n) is 28.4. The van der Waals surface area contributed by atoms with Crippen LogP contribution < -0.4 is 0 Å². The number of hydrogen-bond donors (Lipinski definition) is 0. The van der Waals surface area contributed by atoms with Crippen LogP contribution in [0.3, 0.4) is 0 Å². The largest absolute Gasteiger partial charge is 0.309 e. The van der Waals surface area contributed by atoms with E-state index in [-0.39, 0.29) is 55.0 Å². The van der Waals surface area contributed by atoms with Crippen molar-refractivity contribution in [3.8, 4) is 39.3 Å². The van der Waals surface area contributed by atoms with E-state index in [1.165, 1.54) is 9.13 Å². The Kier molecular flexibility index (Phi) is 3.81. The van der Waals surface area contributed by atoms with Gasteiger partial charge in [-0.3, -0.25) is 0 Å². The zero-order valence-electron chi connectivity index (χ0n) is 50.4. The van der Waals surface area contributed by atoms with Gasteiger partial charge in [-0.15, -0.1) is 0 Å². The molecular formula is C54H35N3. The fourth-order valence-electron chi connectivity index (χ4n) is 7.78. The maximum absolute atomic E-state index is 10.2. The van der Waals surface area contributed by atoms with Crippen molar-refractivity contribution in [2.24, 2.45) is 0 Å². The Bertz CT molecular complexity index is 4740. The third kappa shape index (κ3) is 4.79. The Labute approximate surface area is 359 Å². The molecule has 0 saturated carbocycles. The first-order chi connectivity index (χ1) is 37.1. The molecule has 266 valence electrons. The zero-order valence-corrected chi connectivity index (χ0v) is 29.4. The van der Waals surface area contributed by atoms with Gasteiger partial charge in [0.05, 0.1) is 61.9 Å². The van der Waals surface area contributed by atoms with Crippen LogP contribution in [0, 0.1) is 0 Å². The van der Waals surface area contributed by atoms with Crippen LogP contribution in [-0.4, -0.2) is 13.7 Å². The SMILES string of the molecule is [2H]c1c([2H])c([2H])c2c(c1[2H])c1c([2H])c([2H])c(-n3c4c([2H])c([2H])c([2H])c([2H])c4c4c([2H])c(-c5c([2H])c([2H])c([2H])c6c7c([2H])c([2H])c([2H])c([2H])c7n(-c7cccc(-c8ccccc8)c7)c56)c([2H])c([2H])c43)c([2H])c1n2-c1ccccc1. The highest BCUT2D eigenvalue weighted by Gasteiger charge is 2.20. The molecule has 0 radical (unpaired) electrons. The molecule has 0 aliphatic carbocycles. The van der Waals surface area contributed by atoms with Crippen molar-refractivity contribution < 1.29 is 28.8 Å². The zero-order chi connectivity index (χ0) is 55.7. The highest BCUT2D eigenvalue weighted by molar-refractivity contribution is 6.16. The molecule has 0 aliphatic rings. The lowest BCUT2D eigenvalue weighted by molar-refractivity contribution is 1.15. The summed E-state index contributed by atoms with van der Waals surface area (Å²) < 4.78 is 199. The fourth-order valence-corrected chi connectivity index (χ4v) is 7.78. The lowest BCUT2D eigenvalue weighted by atomic mass is 9.99. The highest BCUT2D eigenvalue weighted by atomic mass is 15.0. The number of fused-ring (bicyclic) bond motifs is 9. The van der Waals surface area contributed by atoms with Crippen LogP contribution in [0.2, 0.25) is 0 Å². The number of para-hydroxylation sites is 5. The molecule has 0 spiro atoms. The van der Waals surface area contributed by atoms with Gasteiger partial charge in [0, 0.05) is 54.9 Å². The Morgan fingerprint density at radius 3 is 1.63 bits per heavy atom. The number of nitrogens with zero attached hydrogens (tertiary/aromatic N) is 3. The van der Waals surface area contributed by atoms with Gasteiger partial charge in [0.15, 0.2) is 0 Å². The summed E-state index contributed by atoms with van der Waals surface area (Å²) >= 11 is 0. The molecule has 0 unspecified atom stereocenters. The molecule has 0 atom stereocenters. The van der Waals surface area contributed by atoms with Crippen molar-refractivity contribution in [3.05, 3.63) is 212 Å². The van der Waals surface area contributed by atoms with Gasteiger partial charge < -0.3 is 13.7 Å². The topological polar surface area (TPSA) is 14.8 Å². The second-order valence-electron chi connectivity index (χ2n) is 13.3. The van der Waals surface area contributed by atoms with Crippen LogP contribution in [0.5, 0.6) is 0 Å². The van der Waals surface area contributed by atoms with Crippen molar-refractivity contribution in [3.63, 3.8) is 0 Å². The van der Waals surface area contributed by atoms with Gasteiger partial charge in [0.25, 0.3) is 0 Å². The Morgan fingerprint density at radius 1 is 0.316 bits per heavy atom. The van der Waals surface area contributed by atoms with E-state index in [4.69, 9.17) is 11.0 Å². The number of aromatic nitrogens is 3. The Hall–Kier alpha value is -7.62. The first kappa shape index (κ1) is 17.5. The molecule has 0 amide bonds.